The van der Waals surface area contributed by atoms with E-state index in [1.54, 1.807) is 11.8 Å². The minimum atomic E-state index is -0.0243. The Morgan fingerprint density at radius 1 is 1.20 bits per heavy atom. The molecular weight excluding hydrogens is 252 g/mol. The zero-order chi connectivity index (χ0) is 15.0. The van der Waals surface area contributed by atoms with Gasteiger partial charge in [0.15, 0.2) is 0 Å². The van der Waals surface area contributed by atoms with Crippen LogP contribution in [0.5, 0.6) is 0 Å². The summed E-state index contributed by atoms with van der Waals surface area (Å²) in [5.41, 5.74) is 1.08. The summed E-state index contributed by atoms with van der Waals surface area (Å²) in [6.07, 6.45) is 1.25. The normalized spacial score (nSPS) is 11.8. The molecule has 4 nitrogen and oxygen atoms in total. The molecule has 0 spiro atoms. The zero-order valence-corrected chi connectivity index (χ0v) is 12.6. The number of nitrogens with one attached hydrogen (secondary N) is 1. The van der Waals surface area contributed by atoms with Gasteiger partial charge < -0.3 is 10.2 Å². The van der Waals surface area contributed by atoms with E-state index in [4.69, 9.17) is 0 Å². The number of nitrogens with zero attached hydrogens (tertiary/aromatic N) is 1. The Morgan fingerprint density at radius 2 is 1.85 bits per heavy atom. The van der Waals surface area contributed by atoms with Crippen LogP contribution in [0.25, 0.3) is 0 Å². The van der Waals surface area contributed by atoms with Gasteiger partial charge in [0.25, 0.3) is 0 Å². The first-order valence-electron chi connectivity index (χ1n) is 7.14. The van der Waals surface area contributed by atoms with Gasteiger partial charge in [-0.3, -0.25) is 9.59 Å². The Hall–Kier alpha value is -1.84. The van der Waals surface area contributed by atoms with Gasteiger partial charge in [-0.2, -0.15) is 0 Å². The molecular formula is C16H24N2O2. The molecule has 0 aliphatic carbocycles. The van der Waals surface area contributed by atoms with Crippen LogP contribution in [0.3, 0.4) is 0 Å². The number of amides is 2. The molecule has 0 aliphatic rings. The van der Waals surface area contributed by atoms with E-state index in [0.717, 1.165) is 12.0 Å². The molecule has 0 saturated carbocycles. The summed E-state index contributed by atoms with van der Waals surface area (Å²) >= 11 is 0. The molecule has 0 fully saturated rings. The summed E-state index contributed by atoms with van der Waals surface area (Å²) in [6, 6.07) is 9.83. The highest BCUT2D eigenvalue weighted by Gasteiger charge is 2.12. The third-order valence-corrected chi connectivity index (χ3v) is 3.22. The summed E-state index contributed by atoms with van der Waals surface area (Å²) < 4.78 is 0. The van der Waals surface area contributed by atoms with E-state index in [2.05, 4.69) is 5.32 Å². The fraction of sp³-hybridized carbons (Fsp3) is 0.500. The molecule has 0 aliphatic heterocycles. The Labute approximate surface area is 121 Å². The number of rotatable bonds is 7. The standard InChI is InChI=1S/C16H24N2O2/c1-4-11-18(14(3)19)12-10-16(20)17-13(2)15-8-6-5-7-9-15/h5-9,13H,4,10-12H2,1-3H3,(H,17,20). The maximum Gasteiger partial charge on any atom is 0.222 e. The van der Waals surface area contributed by atoms with Crippen LogP contribution in [0.4, 0.5) is 0 Å². The summed E-state index contributed by atoms with van der Waals surface area (Å²) in [4.78, 5) is 25.0. The van der Waals surface area contributed by atoms with Crippen LogP contribution in [0.15, 0.2) is 30.3 Å². The van der Waals surface area contributed by atoms with E-state index < -0.39 is 0 Å². The number of carbonyl (C=O) groups is 2. The SMILES string of the molecule is CCCN(CCC(=O)NC(C)c1ccccc1)C(C)=O. The molecule has 110 valence electrons. The van der Waals surface area contributed by atoms with E-state index in [1.165, 1.54) is 0 Å². The first-order chi connectivity index (χ1) is 9.54. The van der Waals surface area contributed by atoms with Crippen molar-refractivity contribution < 1.29 is 9.59 Å². The lowest BCUT2D eigenvalue weighted by Gasteiger charge is -2.21. The van der Waals surface area contributed by atoms with Crippen LogP contribution in [-0.4, -0.2) is 29.8 Å². The van der Waals surface area contributed by atoms with Crippen molar-refractivity contribution >= 4 is 11.8 Å². The van der Waals surface area contributed by atoms with Crippen molar-refractivity contribution in [3.63, 3.8) is 0 Å². The van der Waals surface area contributed by atoms with Crippen molar-refractivity contribution in [2.75, 3.05) is 13.1 Å². The highest BCUT2D eigenvalue weighted by molar-refractivity contribution is 5.78. The molecule has 0 saturated heterocycles. The summed E-state index contributed by atoms with van der Waals surface area (Å²) in [5, 5.41) is 2.96. The lowest BCUT2D eigenvalue weighted by Crippen LogP contribution is -2.35. The molecule has 4 heteroatoms. The molecule has 1 rings (SSSR count). The Morgan fingerprint density at radius 3 is 2.40 bits per heavy atom. The van der Waals surface area contributed by atoms with Gasteiger partial charge in [-0.15, -0.1) is 0 Å². The van der Waals surface area contributed by atoms with Gasteiger partial charge in [0.05, 0.1) is 6.04 Å². The number of benzene rings is 1. The molecule has 0 aromatic heterocycles. The highest BCUT2D eigenvalue weighted by atomic mass is 16.2. The molecule has 2 amide bonds. The first kappa shape index (κ1) is 16.2. The molecule has 0 bridgehead atoms. The van der Waals surface area contributed by atoms with Gasteiger partial charge in [-0.1, -0.05) is 37.3 Å². The quantitative estimate of drug-likeness (QED) is 0.832. The third kappa shape index (κ3) is 5.43. The monoisotopic (exact) mass is 276 g/mol. The maximum atomic E-state index is 11.9. The predicted octanol–water partition coefficient (Wildman–Crippen LogP) is 2.51. The molecule has 0 heterocycles. The van der Waals surface area contributed by atoms with Crippen molar-refractivity contribution in [2.24, 2.45) is 0 Å². The van der Waals surface area contributed by atoms with E-state index in [0.29, 0.717) is 19.5 Å². The van der Waals surface area contributed by atoms with Crippen molar-refractivity contribution in [3.8, 4) is 0 Å². The largest absolute Gasteiger partial charge is 0.350 e. The highest BCUT2D eigenvalue weighted by Crippen LogP contribution is 2.11. The van der Waals surface area contributed by atoms with Gasteiger partial charge in [0.1, 0.15) is 0 Å². The van der Waals surface area contributed by atoms with Crippen molar-refractivity contribution in [3.05, 3.63) is 35.9 Å². The van der Waals surface area contributed by atoms with Crippen LogP contribution >= 0.6 is 0 Å². The van der Waals surface area contributed by atoms with Gasteiger partial charge in [-0.05, 0) is 18.9 Å². The second-order valence-electron chi connectivity index (χ2n) is 4.96. The van der Waals surface area contributed by atoms with Crippen molar-refractivity contribution in [2.45, 2.75) is 39.7 Å². The van der Waals surface area contributed by atoms with Crippen molar-refractivity contribution in [1.82, 2.24) is 10.2 Å². The first-order valence-corrected chi connectivity index (χ1v) is 7.14. The molecule has 1 aromatic carbocycles. The fourth-order valence-corrected chi connectivity index (χ4v) is 2.07. The summed E-state index contributed by atoms with van der Waals surface area (Å²) in [6.45, 7) is 6.71. The molecule has 1 aromatic rings. The van der Waals surface area contributed by atoms with Gasteiger partial charge in [-0.25, -0.2) is 0 Å². The van der Waals surface area contributed by atoms with Gasteiger partial charge >= 0.3 is 0 Å². The number of hydrogen-bond donors (Lipinski definition) is 1. The second kappa shape index (κ2) is 8.35. The van der Waals surface area contributed by atoms with Crippen LogP contribution in [-0.2, 0) is 9.59 Å². The lowest BCUT2D eigenvalue weighted by atomic mass is 10.1. The Kier molecular flexibility index (Phi) is 6.77. The topological polar surface area (TPSA) is 49.4 Å². The molecule has 20 heavy (non-hydrogen) atoms. The van der Waals surface area contributed by atoms with E-state index in [-0.39, 0.29) is 17.9 Å². The minimum absolute atomic E-state index is 0.0133. The van der Waals surface area contributed by atoms with E-state index >= 15 is 0 Å². The van der Waals surface area contributed by atoms with Gasteiger partial charge in [0, 0.05) is 26.4 Å². The van der Waals surface area contributed by atoms with Crippen molar-refractivity contribution in [1.29, 1.82) is 0 Å². The lowest BCUT2D eigenvalue weighted by molar-refractivity contribution is -0.129. The van der Waals surface area contributed by atoms with Crippen LogP contribution in [0.1, 0.15) is 45.2 Å². The average molecular weight is 276 g/mol. The molecule has 1 atom stereocenters. The Balaban J connectivity index is 2.41. The predicted molar refractivity (Wildman–Crippen MR) is 80.2 cm³/mol. The third-order valence-electron chi connectivity index (χ3n) is 3.22. The van der Waals surface area contributed by atoms with E-state index in [9.17, 15) is 9.59 Å². The van der Waals surface area contributed by atoms with Gasteiger partial charge in [0.2, 0.25) is 11.8 Å². The van der Waals surface area contributed by atoms with E-state index in [1.807, 2.05) is 44.2 Å². The maximum absolute atomic E-state index is 11.9. The smallest absolute Gasteiger partial charge is 0.222 e. The average Bonchev–Trinajstić information content (AvgIpc) is 2.44. The zero-order valence-electron chi connectivity index (χ0n) is 12.6. The summed E-state index contributed by atoms with van der Waals surface area (Å²) in [7, 11) is 0. The van der Waals surface area contributed by atoms with Crippen LogP contribution in [0.2, 0.25) is 0 Å². The molecule has 0 radical (unpaired) electrons. The fourth-order valence-electron chi connectivity index (χ4n) is 2.07. The number of carbonyl (C=O) groups excluding carboxylic acids is 2. The summed E-state index contributed by atoms with van der Waals surface area (Å²) in [5.74, 6) is -0.000496. The molecule has 1 N–H and O–H groups in total. The molecule has 1 unspecified atom stereocenters. The Bertz CT molecular complexity index is 431. The van der Waals surface area contributed by atoms with Crippen LogP contribution in [0, 0.1) is 0 Å². The second-order valence-corrected chi connectivity index (χ2v) is 4.96. The number of hydrogen-bond acceptors (Lipinski definition) is 2. The minimum Gasteiger partial charge on any atom is -0.350 e. The van der Waals surface area contributed by atoms with Crippen LogP contribution < -0.4 is 5.32 Å².